The quantitative estimate of drug-likeness (QED) is 0.535. The van der Waals surface area contributed by atoms with Crippen LogP contribution in [0, 0.1) is 5.92 Å². The van der Waals surface area contributed by atoms with Crippen LogP contribution in [0.15, 0.2) is 4.99 Å². The van der Waals surface area contributed by atoms with Gasteiger partial charge >= 0.3 is 0 Å². The maximum absolute atomic E-state index is 11.6. The zero-order chi connectivity index (χ0) is 15.1. The van der Waals surface area contributed by atoms with Gasteiger partial charge in [0.05, 0.1) is 17.9 Å². The molecule has 5 heteroatoms. The lowest BCUT2D eigenvalue weighted by Crippen LogP contribution is -2.33. The van der Waals surface area contributed by atoms with E-state index in [1.807, 2.05) is 41.6 Å². The molecule has 1 aliphatic rings. The van der Waals surface area contributed by atoms with E-state index < -0.39 is 0 Å². The minimum Gasteiger partial charge on any atom is -0.387 e. The summed E-state index contributed by atoms with van der Waals surface area (Å²) in [7, 11) is 3.95. The second-order valence-corrected chi connectivity index (χ2v) is 7.19. The normalized spacial score (nSPS) is 23.1. The average Bonchev–Trinajstić information content (AvgIpc) is 2.58. The molecule has 0 amide bonds. The van der Waals surface area contributed by atoms with E-state index in [1.165, 1.54) is 12.8 Å². The molecule has 0 fully saturated rings. The fourth-order valence-corrected chi connectivity index (χ4v) is 3.68. The van der Waals surface area contributed by atoms with Crippen LogP contribution in [0.3, 0.4) is 0 Å². The molecular formula is C15H28IN3O. The Morgan fingerprint density at radius 3 is 2.75 bits per heavy atom. The highest BCUT2D eigenvalue weighted by molar-refractivity contribution is 14.1. The molecule has 0 bridgehead atoms. The molecule has 20 heavy (non-hydrogen) atoms. The highest BCUT2D eigenvalue weighted by atomic mass is 127. The topological polar surface area (TPSA) is 58.7 Å². The third kappa shape index (κ3) is 6.08. The van der Waals surface area contributed by atoms with E-state index in [4.69, 9.17) is 5.73 Å². The summed E-state index contributed by atoms with van der Waals surface area (Å²) in [6.45, 7) is 2.27. The van der Waals surface area contributed by atoms with Gasteiger partial charge in [0.25, 0.3) is 0 Å². The number of nitrogens with zero attached hydrogens (tertiary/aromatic N) is 2. The first-order valence-corrected chi connectivity index (χ1v) is 8.67. The minimum absolute atomic E-state index is 0.0468. The molecule has 0 saturated heterocycles. The number of amidine groups is 1. The van der Waals surface area contributed by atoms with Crippen molar-refractivity contribution in [1.29, 1.82) is 0 Å². The molecule has 0 aromatic rings. The number of carbonyl (C=O) groups excluding carboxylic acids is 1. The summed E-state index contributed by atoms with van der Waals surface area (Å²) in [4.78, 5) is 18.2. The molecule has 1 heterocycles. The Hall–Kier alpha value is -0.170. The number of halogens is 1. The Labute approximate surface area is 136 Å². The van der Waals surface area contributed by atoms with Gasteiger partial charge in [-0.1, -0.05) is 19.8 Å². The van der Waals surface area contributed by atoms with E-state index in [9.17, 15) is 4.79 Å². The number of hydrogen-bond donors (Lipinski definition) is 1. The maximum Gasteiger partial charge on any atom is 0.209 e. The van der Waals surface area contributed by atoms with Crippen molar-refractivity contribution in [3.63, 3.8) is 0 Å². The highest BCUT2D eigenvalue weighted by Gasteiger charge is 2.21. The molecule has 0 aromatic carbocycles. The number of carbonyl (C=O) groups is 1. The summed E-state index contributed by atoms with van der Waals surface area (Å²) in [5, 5.41) is 0. The fourth-order valence-electron chi connectivity index (χ4n) is 2.81. The molecule has 3 unspecified atom stereocenters. The Morgan fingerprint density at radius 1 is 1.45 bits per heavy atom. The second-order valence-electron chi connectivity index (χ2n) is 6.13. The summed E-state index contributed by atoms with van der Waals surface area (Å²) < 4.78 is 0.233. The molecule has 0 aromatic heterocycles. The van der Waals surface area contributed by atoms with Gasteiger partial charge < -0.3 is 5.73 Å². The molecule has 0 saturated carbocycles. The molecule has 0 spiro atoms. The van der Waals surface area contributed by atoms with Crippen molar-refractivity contribution in [3.8, 4) is 0 Å². The van der Waals surface area contributed by atoms with E-state index in [0.717, 1.165) is 37.9 Å². The number of hydrogen-bond acceptors (Lipinski definition) is 4. The van der Waals surface area contributed by atoms with E-state index >= 15 is 0 Å². The van der Waals surface area contributed by atoms with Crippen LogP contribution >= 0.6 is 22.6 Å². The number of aliphatic imine (C=N–C) groups is 1. The van der Waals surface area contributed by atoms with E-state index in [1.54, 1.807) is 0 Å². The van der Waals surface area contributed by atoms with Crippen LogP contribution in [0.2, 0.25) is 0 Å². The average molecular weight is 393 g/mol. The predicted octanol–water partition coefficient (Wildman–Crippen LogP) is 2.98. The Bertz CT molecular complexity index is 344. The van der Waals surface area contributed by atoms with Crippen LogP contribution in [0.25, 0.3) is 0 Å². The molecule has 0 aliphatic carbocycles. The zero-order valence-electron chi connectivity index (χ0n) is 12.9. The smallest absolute Gasteiger partial charge is 0.209 e. The Kier molecular flexibility index (Phi) is 8.02. The first kappa shape index (κ1) is 17.9. The summed E-state index contributed by atoms with van der Waals surface area (Å²) in [5.74, 6) is 1.38. The largest absolute Gasteiger partial charge is 0.387 e. The molecule has 1 rings (SSSR count). The van der Waals surface area contributed by atoms with Crippen LogP contribution in [0.4, 0.5) is 0 Å². The third-order valence-corrected chi connectivity index (χ3v) is 4.91. The summed E-state index contributed by atoms with van der Waals surface area (Å²) in [6, 6.07) is 0.427. The van der Waals surface area contributed by atoms with Crippen LogP contribution in [0.5, 0.6) is 0 Å². The summed E-state index contributed by atoms with van der Waals surface area (Å²) >= 11 is 1.91. The lowest BCUT2D eigenvalue weighted by atomic mass is 9.92. The van der Waals surface area contributed by atoms with Gasteiger partial charge in [-0.15, -0.1) is 0 Å². The van der Waals surface area contributed by atoms with Crippen molar-refractivity contribution >= 4 is 32.2 Å². The van der Waals surface area contributed by atoms with Crippen molar-refractivity contribution in [2.45, 2.75) is 64.0 Å². The number of likely N-dealkylation sites (N-methyl/N-ethyl adjacent to an activating group) is 1. The van der Waals surface area contributed by atoms with E-state index in [0.29, 0.717) is 12.0 Å². The summed E-state index contributed by atoms with van der Waals surface area (Å²) in [5.41, 5.74) is 5.92. The lowest BCUT2D eigenvalue weighted by Gasteiger charge is -2.23. The van der Waals surface area contributed by atoms with Gasteiger partial charge in [0.1, 0.15) is 0 Å². The monoisotopic (exact) mass is 393 g/mol. The van der Waals surface area contributed by atoms with Gasteiger partial charge in [-0.3, -0.25) is 14.7 Å². The lowest BCUT2D eigenvalue weighted by molar-refractivity contribution is -0.113. The van der Waals surface area contributed by atoms with Gasteiger partial charge in [0.2, 0.25) is 3.79 Å². The first-order chi connectivity index (χ1) is 9.41. The third-order valence-electron chi connectivity index (χ3n) is 4.19. The van der Waals surface area contributed by atoms with Crippen LogP contribution in [-0.4, -0.2) is 40.7 Å². The first-order valence-electron chi connectivity index (χ1n) is 7.59. The van der Waals surface area contributed by atoms with Gasteiger partial charge in [-0.05, 0) is 45.7 Å². The Morgan fingerprint density at radius 2 is 2.15 bits per heavy atom. The van der Waals surface area contributed by atoms with Gasteiger partial charge in [-0.2, -0.15) is 0 Å². The molecular weight excluding hydrogens is 365 g/mol. The summed E-state index contributed by atoms with van der Waals surface area (Å²) in [6.07, 6.45) is 7.64. The molecule has 116 valence electrons. The molecule has 0 radical (unpaired) electrons. The molecule has 3 atom stereocenters. The number of rotatable bonds is 7. The molecule has 4 nitrogen and oxygen atoms in total. The maximum atomic E-state index is 11.6. The van der Waals surface area contributed by atoms with Crippen LogP contribution in [0.1, 0.15) is 51.9 Å². The van der Waals surface area contributed by atoms with Crippen molar-refractivity contribution in [3.05, 3.63) is 0 Å². The minimum atomic E-state index is 0.0468. The van der Waals surface area contributed by atoms with Gasteiger partial charge in [0.15, 0.2) is 0 Å². The van der Waals surface area contributed by atoms with Crippen molar-refractivity contribution in [1.82, 2.24) is 4.90 Å². The van der Waals surface area contributed by atoms with Crippen molar-refractivity contribution in [2.75, 3.05) is 14.1 Å². The van der Waals surface area contributed by atoms with E-state index in [2.05, 4.69) is 11.9 Å². The second kappa shape index (κ2) is 8.97. The fraction of sp³-hybridized carbons (Fsp3) is 0.867. The van der Waals surface area contributed by atoms with E-state index in [-0.39, 0.29) is 9.83 Å². The van der Waals surface area contributed by atoms with Crippen molar-refractivity contribution < 1.29 is 4.79 Å². The Balaban J connectivity index is 2.40. The van der Waals surface area contributed by atoms with Gasteiger partial charge in [-0.25, -0.2) is 0 Å². The van der Waals surface area contributed by atoms with Gasteiger partial charge in [0, 0.05) is 29.0 Å². The van der Waals surface area contributed by atoms with Crippen molar-refractivity contribution in [2.24, 2.45) is 16.6 Å². The number of nitrogens with two attached hydrogens (primary N) is 1. The highest BCUT2D eigenvalue weighted by Crippen LogP contribution is 2.24. The standard InChI is InChI=1S/C15H28IN3O/c1-11(12-8-4-5-10-14(17)18-12)7-6-9-13(15(16)20)19(2)3/h11-13H,4-10H2,1-3H3,(H2,17,18). The zero-order valence-corrected chi connectivity index (χ0v) is 15.1. The molecule has 2 N–H and O–H groups in total. The van der Waals surface area contributed by atoms with Crippen LogP contribution < -0.4 is 5.73 Å². The SMILES string of the molecule is CC(CCCC(C(=O)I)N(C)C)C1CCCCC(N)=N1. The predicted molar refractivity (Wildman–Crippen MR) is 93.4 cm³/mol. The van der Waals surface area contributed by atoms with Crippen LogP contribution in [-0.2, 0) is 4.79 Å². The molecule has 1 aliphatic heterocycles.